The Kier molecular flexibility index (Phi) is 3.22. The van der Waals surface area contributed by atoms with Crippen LogP contribution in [0.4, 0.5) is 11.5 Å². The molecule has 1 aromatic carbocycles. The molecule has 0 unspecified atom stereocenters. The molecule has 84 valence electrons. The summed E-state index contributed by atoms with van der Waals surface area (Å²) >= 11 is 5.76. The van der Waals surface area contributed by atoms with Crippen LogP contribution in [0, 0.1) is 18.3 Å². The van der Waals surface area contributed by atoms with E-state index in [4.69, 9.17) is 16.9 Å². The third kappa shape index (κ3) is 2.92. The van der Waals surface area contributed by atoms with Crippen molar-refractivity contribution in [2.75, 3.05) is 5.32 Å². The van der Waals surface area contributed by atoms with Crippen molar-refractivity contribution in [1.82, 2.24) is 9.97 Å². The lowest BCUT2D eigenvalue weighted by molar-refractivity contribution is 1.10. The lowest BCUT2D eigenvalue weighted by atomic mass is 10.2. The first-order valence-electron chi connectivity index (χ1n) is 4.96. The summed E-state index contributed by atoms with van der Waals surface area (Å²) in [6.07, 6.45) is 0. The fourth-order valence-electron chi connectivity index (χ4n) is 1.37. The SMILES string of the molecule is Cc1cc(Nc2ccc(C#N)cc2)nc(Cl)n1. The molecule has 5 heteroatoms. The predicted molar refractivity (Wildman–Crippen MR) is 66.2 cm³/mol. The number of aromatic nitrogens is 2. The second kappa shape index (κ2) is 4.81. The minimum Gasteiger partial charge on any atom is -0.340 e. The minimum absolute atomic E-state index is 0.209. The largest absolute Gasteiger partial charge is 0.340 e. The molecule has 1 aromatic heterocycles. The van der Waals surface area contributed by atoms with Gasteiger partial charge in [0, 0.05) is 17.4 Å². The Balaban J connectivity index is 2.22. The Labute approximate surface area is 104 Å². The first-order valence-corrected chi connectivity index (χ1v) is 5.33. The van der Waals surface area contributed by atoms with E-state index >= 15 is 0 Å². The van der Waals surface area contributed by atoms with Crippen LogP contribution in [0.2, 0.25) is 5.28 Å². The zero-order valence-electron chi connectivity index (χ0n) is 9.11. The summed E-state index contributed by atoms with van der Waals surface area (Å²) in [6.45, 7) is 1.84. The molecule has 0 amide bonds. The Hall–Kier alpha value is -2.12. The average Bonchev–Trinajstić information content (AvgIpc) is 2.28. The minimum atomic E-state index is 0.209. The number of nitrogens with zero attached hydrogens (tertiary/aromatic N) is 3. The van der Waals surface area contributed by atoms with E-state index < -0.39 is 0 Å². The second-order valence-electron chi connectivity index (χ2n) is 3.48. The molecule has 0 fully saturated rings. The molecule has 0 bridgehead atoms. The number of rotatable bonds is 2. The van der Waals surface area contributed by atoms with Crippen LogP contribution in [-0.2, 0) is 0 Å². The number of anilines is 2. The zero-order valence-corrected chi connectivity index (χ0v) is 9.86. The molecule has 0 spiro atoms. The molecule has 0 saturated heterocycles. The molecular formula is C12H9ClN4. The summed E-state index contributed by atoms with van der Waals surface area (Å²) in [6, 6.07) is 10.9. The smallest absolute Gasteiger partial charge is 0.224 e. The first-order chi connectivity index (χ1) is 8.17. The Morgan fingerprint density at radius 1 is 1.24 bits per heavy atom. The molecule has 0 saturated carbocycles. The molecule has 0 atom stereocenters. The summed E-state index contributed by atoms with van der Waals surface area (Å²) in [5.74, 6) is 0.632. The number of nitrogens with one attached hydrogen (secondary N) is 1. The van der Waals surface area contributed by atoms with Gasteiger partial charge in [-0.1, -0.05) is 0 Å². The average molecular weight is 245 g/mol. The predicted octanol–water partition coefficient (Wildman–Crippen LogP) is 3.05. The number of aryl methyl sites for hydroxylation is 1. The van der Waals surface area contributed by atoms with Gasteiger partial charge in [-0.25, -0.2) is 9.97 Å². The van der Waals surface area contributed by atoms with Crippen molar-refractivity contribution in [2.24, 2.45) is 0 Å². The van der Waals surface area contributed by atoms with Crippen molar-refractivity contribution < 1.29 is 0 Å². The fraction of sp³-hybridized carbons (Fsp3) is 0.0833. The van der Waals surface area contributed by atoms with E-state index in [0.29, 0.717) is 11.4 Å². The van der Waals surface area contributed by atoms with E-state index in [1.165, 1.54) is 0 Å². The molecule has 0 aliphatic rings. The molecule has 2 aromatic rings. The molecule has 0 radical (unpaired) electrons. The van der Waals surface area contributed by atoms with E-state index in [-0.39, 0.29) is 5.28 Å². The summed E-state index contributed by atoms with van der Waals surface area (Å²) < 4.78 is 0. The third-order valence-electron chi connectivity index (χ3n) is 2.11. The molecule has 2 rings (SSSR count). The number of hydrogen-bond donors (Lipinski definition) is 1. The summed E-state index contributed by atoms with van der Waals surface area (Å²) in [5, 5.41) is 12.0. The van der Waals surface area contributed by atoms with Gasteiger partial charge in [-0.15, -0.1) is 0 Å². The summed E-state index contributed by atoms with van der Waals surface area (Å²) in [5.41, 5.74) is 2.26. The van der Waals surface area contributed by atoms with E-state index in [1.807, 2.05) is 19.1 Å². The van der Waals surface area contributed by atoms with Crippen LogP contribution in [0.3, 0.4) is 0 Å². The first kappa shape index (κ1) is 11.4. The number of hydrogen-bond acceptors (Lipinski definition) is 4. The van der Waals surface area contributed by atoms with Gasteiger partial charge in [-0.3, -0.25) is 0 Å². The van der Waals surface area contributed by atoms with Gasteiger partial charge in [-0.05, 0) is 42.8 Å². The summed E-state index contributed by atoms with van der Waals surface area (Å²) in [4.78, 5) is 8.02. The van der Waals surface area contributed by atoms with Crippen molar-refractivity contribution in [2.45, 2.75) is 6.92 Å². The van der Waals surface area contributed by atoms with Crippen LogP contribution in [0.15, 0.2) is 30.3 Å². The van der Waals surface area contributed by atoms with Crippen molar-refractivity contribution in [1.29, 1.82) is 5.26 Å². The topological polar surface area (TPSA) is 61.6 Å². The molecule has 1 heterocycles. The standard InChI is InChI=1S/C12H9ClN4/c1-8-6-11(17-12(13)15-8)16-10-4-2-9(7-14)3-5-10/h2-6H,1H3,(H,15,16,17). The number of halogens is 1. The van der Waals surface area contributed by atoms with Crippen molar-refractivity contribution in [3.63, 3.8) is 0 Å². The maximum Gasteiger partial charge on any atom is 0.224 e. The second-order valence-corrected chi connectivity index (χ2v) is 3.82. The third-order valence-corrected chi connectivity index (χ3v) is 2.28. The highest BCUT2D eigenvalue weighted by Gasteiger charge is 2.00. The fourth-order valence-corrected chi connectivity index (χ4v) is 1.60. The van der Waals surface area contributed by atoms with E-state index in [9.17, 15) is 0 Å². The van der Waals surface area contributed by atoms with Crippen molar-refractivity contribution >= 4 is 23.1 Å². The molecular weight excluding hydrogens is 236 g/mol. The van der Waals surface area contributed by atoms with Gasteiger partial charge < -0.3 is 5.32 Å². The zero-order chi connectivity index (χ0) is 12.3. The van der Waals surface area contributed by atoms with Gasteiger partial charge in [0.1, 0.15) is 5.82 Å². The van der Waals surface area contributed by atoms with Crippen LogP contribution < -0.4 is 5.32 Å². The van der Waals surface area contributed by atoms with Gasteiger partial charge in [-0.2, -0.15) is 5.26 Å². The Morgan fingerprint density at radius 2 is 1.94 bits per heavy atom. The normalized spacial score (nSPS) is 9.71. The molecule has 17 heavy (non-hydrogen) atoms. The van der Waals surface area contributed by atoms with Crippen LogP contribution in [0.25, 0.3) is 0 Å². The van der Waals surface area contributed by atoms with Crippen LogP contribution in [-0.4, -0.2) is 9.97 Å². The maximum atomic E-state index is 8.68. The van der Waals surface area contributed by atoms with E-state index in [0.717, 1.165) is 11.4 Å². The number of benzene rings is 1. The molecule has 4 nitrogen and oxygen atoms in total. The van der Waals surface area contributed by atoms with E-state index in [2.05, 4.69) is 21.4 Å². The lowest BCUT2D eigenvalue weighted by Crippen LogP contribution is -1.96. The van der Waals surface area contributed by atoms with Gasteiger partial charge >= 0.3 is 0 Å². The van der Waals surface area contributed by atoms with E-state index in [1.54, 1.807) is 18.2 Å². The van der Waals surface area contributed by atoms with Crippen LogP contribution >= 0.6 is 11.6 Å². The maximum absolute atomic E-state index is 8.68. The molecule has 0 aliphatic heterocycles. The van der Waals surface area contributed by atoms with Gasteiger partial charge in [0.2, 0.25) is 5.28 Å². The summed E-state index contributed by atoms with van der Waals surface area (Å²) in [7, 11) is 0. The van der Waals surface area contributed by atoms with Crippen LogP contribution in [0.1, 0.15) is 11.3 Å². The molecule has 1 N–H and O–H groups in total. The van der Waals surface area contributed by atoms with Gasteiger partial charge in [0.05, 0.1) is 11.6 Å². The highest BCUT2D eigenvalue weighted by Crippen LogP contribution is 2.17. The highest BCUT2D eigenvalue weighted by atomic mass is 35.5. The lowest BCUT2D eigenvalue weighted by Gasteiger charge is -2.06. The highest BCUT2D eigenvalue weighted by molar-refractivity contribution is 6.28. The van der Waals surface area contributed by atoms with Crippen LogP contribution in [0.5, 0.6) is 0 Å². The molecule has 0 aliphatic carbocycles. The van der Waals surface area contributed by atoms with Gasteiger partial charge in [0.25, 0.3) is 0 Å². The monoisotopic (exact) mass is 244 g/mol. The van der Waals surface area contributed by atoms with Crippen molar-refractivity contribution in [3.8, 4) is 6.07 Å². The quantitative estimate of drug-likeness (QED) is 0.825. The number of nitriles is 1. The van der Waals surface area contributed by atoms with Gasteiger partial charge in [0.15, 0.2) is 0 Å². The van der Waals surface area contributed by atoms with Crippen molar-refractivity contribution in [3.05, 3.63) is 46.9 Å². The Bertz CT molecular complexity index is 552. The Morgan fingerprint density at radius 3 is 2.53 bits per heavy atom.